The quantitative estimate of drug-likeness (QED) is 0.871. The van der Waals surface area contributed by atoms with Gasteiger partial charge in [-0.25, -0.2) is 4.98 Å². The molecule has 2 amide bonds. The smallest absolute Gasteiger partial charge is 0.241 e. The van der Waals surface area contributed by atoms with Crippen LogP contribution in [-0.4, -0.2) is 28.6 Å². The lowest BCUT2D eigenvalue weighted by Crippen LogP contribution is -2.43. The van der Waals surface area contributed by atoms with Crippen molar-refractivity contribution in [2.24, 2.45) is 0 Å². The van der Waals surface area contributed by atoms with Crippen LogP contribution < -0.4 is 10.2 Å². The van der Waals surface area contributed by atoms with Crippen molar-refractivity contribution in [1.29, 1.82) is 0 Å². The zero-order valence-electron chi connectivity index (χ0n) is 13.4. The van der Waals surface area contributed by atoms with Crippen molar-refractivity contribution in [1.82, 2.24) is 10.3 Å². The maximum atomic E-state index is 12.7. The van der Waals surface area contributed by atoms with Crippen LogP contribution in [0.5, 0.6) is 0 Å². The number of carbonyl (C=O) groups excluding carboxylic acids is 2. The maximum Gasteiger partial charge on any atom is 0.241 e. The summed E-state index contributed by atoms with van der Waals surface area (Å²) in [6, 6.07) is 7.29. The number of rotatable bonds is 6. The van der Waals surface area contributed by atoms with Gasteiger partial charge in [0.2, 0.25) is 11.8 Å². The van der Waals surface area contributed by atoms with Gasteiger partial charge in [-0.1, -0.05) is 18.7 Å². The highest BCUT2D eigenvalue weighted by atomic mass is 32.2. The highest BCUT2D eigenvalue weighted by Gasteiger charge is 2.35. The van der Waals surface area contributed by atoms with Crippen molar-refractivity contribution in [3.63, 3.8) is 0 Å². The van der Waals surface area contributed by atoms with Crippen LogP contribution in [-0.2, 0) is 16.1 Å². The Kier molecular flexibility index (Phi) is 5.20. The lowest BCUT2D eigenvalue weighted by Gasteiger charge is -2.32. The molecule has 2 aromatic heterocycles. The van der Waals surface area contributed by atoms with Crippen molar-refractivity contribution >= 4 is 29.3 Å². The number of furan rings is 1. The van der Waals surface area contributed by atoms with Crippen LogP contribution in [0.15, 0.2) is 46.2 Å². The Hall–Kier alpha value is -2.28. The summed E-state index contributed by atoms with van der Waals surface area (Å²) in [5.41, 5.74) is 0.835. The number of pyridine rings is 1. The molecule has 0 fully saturated rings. The number of hydrogen-bond donors (Lipinski definition) is 1. The largest absolute Gasteiger partial charge is 0.467 e. The molecular weight excluding hydrogens is 326 g/mol. The monoisotopic (exact) mass is 345 g/mol. The molecule has 1 atom stereocenters. The van der Waals surface area contributed by atoms with Crippen molar-refractivity contribution in [2.45, 2.75) is 36.6 Å². The molecule has 0 aliphatic carbocycles. The standard InChI is InChI=1S/C17H19N3O3S/c1-2-8-20-13-6-3-7-18-16(13)24-14(17(20)22)10-15(21)19-11-12-5-4-9-23-12/h3-7,9,14H,2,8,10-11H2,1H3,(H,19,21). The maximum absolute atomic E-state index is 12.7. The number of nitrogens with one attached hydrogen (secondary N) is 1. The molecule has 0 saturated carbocycles. The molecule has 7 heteroatoms. The lowest BCUT2D eigenvalue weighted by molar-refractivity contribution is -0.125. The SMILES string of the molecule is CCCN1C(=O)C(CC(=O)NCc2ccco2)Sc2ncccc21. The number of anilines is 1. The van der Waals surface area contributed by atoms with Gasteiger partial charge in [-0.2, -0.15) is 0 Å². The van der Waals surface area contributed by atoms with Crippen LogP contribution in [0.3, 0.4) is 0 Å². The summed E-state index contributed by atoms with van der Waals surface area (Å²) in [7, 11) is 0. The second kappa shape index (κ2) is 7.53. The molecule has 6 nitrogen and oxygen atoms in total. The average molecular weight is 345 g/mol. The summed E-state index contributed by atoms with van der Waals surface area (Å²) >= 11 is 1.36. The van der Waals surface area contributed by atoms with E-state index in [9.17, 15) is 9.59 Å². The van der Waals surface area contributed by atoms with Gasteiger partial charge < -0.3 is 14.6 Å². The van der Waals surface area contributed by atoms with Gasteiger partial charge in [-0.15, -0.1) is 0 Å². The van der Waals surface area contributed by atoms with E-state index in [2.05, 4.69) is 10.3 Å². The number of amides is 2. The zero-order valence-corrected chi connectivity index (χ0v) is 14.2. The molecule has 0 radical (unpaired) electrons. The van der Waals surface area contributed by atoms with E-state index in [1.807, 2.05) is 19.1 Å². The van der Waals surface area contributed by atoms with Crippen LogP contribution in [0.2, 0.25) is 0 Å². The number of nitrogens with zero attached hydrogens (tertiary/aromatic N) is 2. The first-order valence-corrected chi connectivity index (χ1v) is 8.79. The average Bonchev–Trinajstić information content (AvgIpc) is 3.10. The summed E-state index contributed by atoms with van der Waals surface area (Å²) in [5, 5.41) is 3.14. The second-order valence-electron chi connectivity index (χ2n) is 5.48. The first-order valence-electron chi connectivity index (χ1n) is 7.91. The third-order valence-corrected chi connectivity index (χ3v) is 4.89. The molecule has 0 bridgehead atoms. The van der Waals surface area contributed by atoms with E-state index in [1.54, 1.807) is 29.5 Å². The highest BCUT2D eigenvalue weighted by Crippen LogP contribution is 2.38. The van der Waals surface area contributed by atoms with Crippen LogP contribution in [0.25, 0.3) is 0 Å². The van der Waals surface area contributed by atoms with E-state index in [4.69, 9.17) is 4.42 Å². The fourth-order valence-corrected chi connectivity index (χ4v) is 3.73. The van der Waals surface area contributed by atoms with E-state index >= 15 is 0 Å². The summed E-state index contributed by atoms with van der Waals surface area (Å²) in [6.07, 6.45) is 4.25. The fourth-order valence-electron chi connectivity index (χ4n) is 2.58. The van der Waals surface area contributed by atoms with Gasteiger partial charge in [0.05, 0.1) is 23.7 Å². The number of fused-ring (bicyclic) bond motifs is 1. The number of carbonyl (C=O) groups is 2. The molecule has 0 aromatic carbocycles. The molecule has 126 valence electrons. The van der Waals surface area contributed by atoms with Crippen molar-refractivity contribution < 1.29 is 14.0 Å². The molecule has 1 aliphatic heterocycles. The van der Waals surface area contributed by atoms with Crippen LogP contribution in [0.1, 0.15) is 25.5 Å². The molecule has 1 aliphatic rings. The third kappa shape index (κ3) is 3.62. The van der Waals surface area contributed by atoms with Crippen LogP contribution in [0, 0.1) is 0 Å². The molecule has 3 heterocycles. The topological polar surface area (TPSA) is 75.4 Å². The zero-order chi connectivity index (χ0) is 16.9. The normalized spacial score (nSPS) is 16.8. The second-order valence-corrected chi connectivity index (χ2v) is 6.68. The minimum absolute atomic E-state index is 0.0319. The third-order valence-electron chi connectivity index (χ3n) is 3.70. The highest BCUT2D eigenvalue weighted by molar-refractivity contribution is 8.00. The Morgan fingerprint density at radius 1 is 1.42 bits per heavy atom. The summed E-state index contributed by atoms with van der Waals surface area (Å²) in [5.74, 6) is 0.481. The van der Waals surface area contributed by atoms with Gasteiger partial charge in [0.15, 0.2) is 0 Å². The molecule has 0 spiro atoms. The summed E-state index contributed by atoms with van der Waals surface area (Å²) in [6.45, 7) is 2.98. The van der Waals surface area contributed by atoms with Gasteiger partial charge in [0.1, 0.15) is 10.8 Å². The molecule has 0 saturated heterocycles. The van der Waals surface area contributed by atoms with E-state index in [0.29, 0.717) is 18.8 Å². The van der Waals surface area contributed by atoms with Crippen molar-refractivity contribution in [3.8, 4) is 0 Å². The molecule has 24 heavy (non-hydrogen) atoms. The Morgan fingerprint density at radius 3 is 3.04 bits per heavy atom. The van der Waals surface area contributed by atoms with E-state index in [-0.39, 0.29) is 18.2 Å². The van der Waals surface area contributed by atoms with Crippen LogP contribution >= 0.6 is 11.8 Å². The molecule has 3 rings (SSSR count). The predicted octanol–water partition coefficient (Wildman–Crippen LogP) is 2.60. The minimum atomic E-state index is -0.449. The van der Waals surface area contributed by atoms with E-state index < -0.39 is 5.25 Å². The summed E-state index contributed by atoms with van der Waals surface area (Å²) in [4.78, 5) is 31.0. The molecule has 1 unspecified atom stereocenters. The number of hydrogen-bond acceptors (Lipinski definition) is 5. The Morgan fingerprint density at radius 2 is 2.29 bits per heavy atom. The van der Waals surface area contributed by atoms with Crippen molar-refractivity contribution in [2.75, 3.05) is 11.4 Å². The Bertz CT molecular complexity index is 718. The minimum Gasteiger partial charge on any atom is -0.467 e. The molecule has 2 aromatic rings. The first-order chi connectivity index (χ1) is 11.7. The van der Waals surface area contributed by atoms with Gasteiger partial charge in [-0.3, -0.25) is 9.59 Å². The number of aromatic nitrogens is 1. The van der Waals surface area contributed by atoms with Gasteiger partial charge in [0, 0.05) is 19.2 Å². The lowest BCUT2D eigenvalue weighted by atomic mass is 10.2. The summed E-state index contributed by atoms with van der Waals surface area (Å²) < 4.78 is 5.19. The van der Waals surface area contributed by atoms with Gasteiger partial charge in [-0.05, 0) is 30.7 Å². The molecular formula is C17H19N3O3S. The Balaban J connectivity index is 1.67. The number of thioether (sulfide) groups is 1. The molecule has 1 N–H and O–H groups in total. The van der Waals surface area contributed by atoms with E-state index in [0.717, 1.165) is 17.1 Å². The fraction of sp³-hybridized carbons (Fsp3) is 0.353. The Labute approximate surface area is 144 Å². The van der Waals surface area contributed by atoms with E-state index in [1.165, 1.54) is 11.8 Å². The first kappa shape index (κ1) is 16.6. The van der Waals surface area contributed by atoms with Gasteiger partial charge >= 0.3 is 0 Å². The van der Waals surface area contributed by atoms with Crippen molar-refractivity contribution in [3.05, 3.63) is 42.5 Å². The predicted molar refractivity (Wildman–Crippen MR) is 91.7 cm³/mol. The van der Waals surface area contributed by atoms with Crippen LogP contribution in [0.4, 0.5) is 5.69 Å². The van der Waals surface area contributed by atoms with Gasteiger partial charge in [0.25, 0.3) is 0 Å².